The molecule has 5 rings (SSSR count). The fraction of sp³-hybridized carbons (Fsp3) is 0.192. The first-order valence-electron chi connectivity index (χ1n) is 10.8. The molecule has 168 valence electrons. The third-order valence-corrected chi connectivity index (χ3v) is 6.74. The van der Waals surface area contributed by atoms with Crippen LogP contribution in [0, 0.1) is 0 Å². The molecule has 0 aliphatic carbocycles. The first-order valence-corrected chi connectivity index (χ1v) is 11.6. The van der Waals surface area contributed by atoms with Crippen molar-refractivity contribution in [1.82, 2.24) is 15.2 Å². The zero-order chi connectivity index (χ0) is 22.9. The maximum absolute atomic E-state index is 10.7. The van der Waals surface area contributed by atoms with Gasteiger partial charge in [-0.1, -0.05) is 54.1 Å². The molecule has 1 aliphatic heterocycles. The molecule has 0 bridgehead atoms. The number of hydrogen-bond acceptors (Lipinski definition) is 3. The van der Waals surface area contributed by atoms with Crippen molar-refractivity contribution < 1.29 is 9.84 Å². The van der Waals surface area contributed by atoms with E-state index >= 15 is 0 Å². The molecular weight excluding hydrogens is 454 g/mol. The van der Waals surface area contributed by atoms with Crippen molar-refractivity contribution in [1.29, 1.82) is 0 Å². The summed E-state index contributed by atoms with van der Waals surface area (Å²) in [6, 6.07) is 23.3. The lowest BCUT2D eigenvalue weighted by Crippen LogP contribution is -2.46. The molecule has 2 atom stereocenters. The Morgan fingerprint density at radius 2 is 1.91 bits per heavy atom. The first-order chi connectivity index (χ1) is 16.0. The number of halogens is 1. The minimum Gasteiger partial charge on any atom is -0.497 e. The van der Waals surface area contributed by atoms with Crippen molar-refractivity contribution in [2.45, 2.75) is 18.7 Å². The zero-order valence-corrected chi connectivity index (χ0v) is 19.7. The van der Waals surface area contributed by atoms with Crippen LogP contribution in [-0.2, 0) is 6.42 Å². The van der Waals surface area contributed by atoms with Crippen molar-refractivity contribution in [2.24, 2.45) is 0 Å². The molecule has 0 amide bonds. The summed E-state index contributed by atoms with van der Waals surface area (Å²) < 4.78 is 5.36. The van der Waals surface area contributed by atoms with Gasteiger partial charge in [0.25, 0.3) is 0 Å². The van der Waals surface area contributed by atoms with Crippen LogP contribution in [0.5, 0.6) is 5.75 Å². The van der Waals surface area contributed by atoms with Crippen LogP contribution < -0.4 is 10.1 Å². The van der Waals surface area contributed by atoms with Gasteiger partial charge in [-0.15, -0.1) is 0 Å². The molecule has 7 heteroatoms. The smallest absolute Gasteiger partial charge is 0.172 e. The van der Waals surface area contributed by atoms with Gasteiger partial charge in [0.2, 0.25) is 0 Å². The van der Waals surface area contributed by atoms with E-state index in [1.165, 1.54) is 5.56 Å². The van der Waals surface area contributed by atoms with Crippen molar-refractivity contribution in [3.63, 3.8) is 0 Å². The largest absolute Gasteiger partial charge is 0.497 e. The van der Waals surface area contributed by atoms with Crippen molar-refractivity contribution in [3.8, 4) is 5.75 Å². The molecule has 1 aliphatic rings. The predicted molar refractivity (Wildman–Crippen MR) is 136 cm³/mol. The summed E-state index contributed by atoms with van der Waals surface area (Å²) in [7, 11) is 1.66. The van der Waals surface area contributed by atoms with Crippen molar-refractivity contribution in [3.05, 3.63) is 100 Å². The number of thiocarbonyl (C=S) groups is 1. The Balaban J connectivity index is 1.54. The van der Waals surface area contributed by atoms with E-state index in [2.05, 4.69) is 27.3 Å². The van der Waals surface area contributed by atoms with Gasteiger partial charge in [0.1, 0.15) is 5.75 Å². The summed E-state index contributed by atoms with van der Waals surface area (Å²) in [5.74, 6) is 0.796. The highest BCUT2D eigenvalue weighted by molar-refractivity contribution is 7.80. The van der Waals surface area contributed by atoms with E-state index in [4.69, 9.17) is 28.6 Å². The predicted octanol–water partition coefficient (Wildman–Crippen LogP) is 5.34. The van der Waals surface area contributed by atoms with Gasteiger partial charge in [-0.3, -0.25) is 0 Å². The summed E-state index contributed by atoms with van der Waals surface area (Å²) in [6.45, 7) is 0.705. The Bertz CT molecular complexity index is 1290. The first kappa shape index (κ1) is 21.8. The van der Waals surface area contributed by atoms with E-state index in [9.17, 15) is 5.11 Å². The number of methoxy groups -OCH3 is 1. The van der Waals surface area contributed by atoms with E-state index in [1.54, 1.807) is 7.11 Å². The lowest BCUT2D eigenvalue weighted by Gasteiger charge is -2.38. The monoisotopic (exact) mass is 477 g/mol. The number of aliphatic hydroxyl groups is 1. The van der Waals surface area contributed by atoms with E-state index < -0.39 is 6.23 Å². The molecule has 0 radical (unpaired) electrons. The average molecular weight is 478 g/mol. The number of fused-ring (bicyclic) bond motifs is 3. The lowest BCUT2D eigenvalue weighted by atomic mass is 9.92. The van der Waals surface area contributed by atoms with Gasteiger partial charge < -0.3 is 25.0 Å². The number of hydrogen-bond donors (Lipinski definition) is 3. The van der Waals surface area contributed by atoms with E-state index in [0.717, 1.165) is 44.9 Å². The lowest BCUT2D eigenvalue weighted by molar-refractivity contribution is 0.155. The maximum Gasteiger partial charge on any atom is 0.172 e. The normalized spacial score (nSPS) is 16.3. The van der Waals surface area contributed by atoms with E-state index in [0.29, 0.717) is 11.7 Å². The van der Waals surface area contributed by atoms with Crippen LogP contribution in [0.15, 0.2) is 72.8 Å². The Morgan fingerprint density at radius 1 is 1.15 bits per heavy atom. The highest BCUT2D eigenvalue weighted by atomic mass is 35.5. The number of nitrogens with one attached hydrogen (secondary N) is 2. The van der Waals surface area contributed by atoms with Gasteiger partial charge in [0, 0.05) is 33.7 Å². The van der Waals surface area contributed by atoms with Gasteiger partial charge in [-0.25, -0.2) is 0 Å². The molecule has 3 N–H and O–H groups in total. The third kappa shape index (κ3) is 4.17. The number of benzene rings is 3. The average Bonchev–Trinajstić information content (AvgIpc) is 3.21. The van der Waals surface area contributed by atoms with Crippen LogP contribution in [0.3, 0.4) is 0 Å². The van der Waals surface area contributed by atoms with Crippen LogP contribution in [0.4, 0.5) is 0 Å². The second-order valence-electron chi connectivity index (χ2n) is 8.09. The van der Waals surface area contributed by atoms with Gasteiger partial charge in [-0.2, -0.15) is 0 Å². The Morgan fingerprint density at radius 3 is 2.64 bits per heavy atom. The summed E-state index contributed by atoms with van der Waals surface area (Å²) in [4.78, 5) is 5.74. The molecule has 1 aromatic heterocycles. The van der Waals surface area contributed by atoms with Gasteiger partial charge in [0.05, 0.1) is 13.2 Å². The molecule has 2 unspecified atom stereocenters. The highest BCUT2D eigenvalue weighted by Gasteiger charge is 2.33. The standard InChI is InChI=1S/C26H24ClN3O2S/c1-32-19-10-7-16(8-11-19)24-23-20(21-15-18(27)9-12-22(21)28-23)13-14-30(24)26(33)29-25(31)17-5-3-2-4-6-17/h2-12,15,24-25,28,31H,13-14H2,1H3,(H,29,33). The molecular formula is C26H24ClN3O2S. The molecule has 4 aromatic rings. The number of aliphatic hydroxyl groups excluding tert-OH is 1. The molecule has 5 nitrogen and oxygen atoms in total. The highest BCUT2D eigenvalue weighted by Crippen LogP contribution is 2.39. The minimum atomic E-state index is -0.891. The van der Waals surface area contributed by atoms with Crippen LogP contribution in [-0.4, -0.2) is 33.8 Å². The van der Waals surface area contributed by atoms with Crippen LogP contribution >= 0.6 is 23.8 Å². The Kier molecular flexibility index (Phi) is 5.98. The molecule has 2 heterocycles. The molecule has 0 saturated heterocycles. The number of aromatic nitrogens is 1. The van der Waals surface area contributed by atoms with Gasteiger partial charge >= 0.3 is 0 Å². The number of nitrogens with zero attached hydrogens (tertiary/aromatic N) is 1. The Hall–Kier alpha value is -3.06. The topological polar surface area (TPSA) is 60.5 Å². The quantitative estimate of drug-likeness (QED) is 0.273. The molecule has 33 heavy (non-hydrogen) atoms. The number of H-pyrrole nitrogens is 1. The summed E-state index contributed by atoms with van der Waals surface area (Å²) in [5.41, 5.74) is 5.22. The molecule has 0 spiro atoms. The number of rotatable bonds is 4. The van der Waals surface area contributed by atoms with E-state index in [1.807, 2.05) is 60.7 Å². The summed E-state index contributed by atoms with van der Waals surface area (Å²) in [6.07, 6.45) is -0.0795. The fourth-order valence-electron chi connectivity index (χ4n) is 4.53. The maximum atomic E-state index is 10.7. The number of aromatic amines is 1. The van der Waals surface area contributed by atoms with E-state index in [-0.39, 0.29) is 6.04 Å². The van der Waals surface area contributed by atoms with Crippen molar-refractivity contribution >= 4 is 39.8 Å². The zero-order valence-electron chi connectivity index (χ0n) is 18.1. The SMILES string of the molecule is COc1ccc(C2c3[nH]c4ccc(Cl)cc4c3CCN2C(=S)NC(O)c2ccccc2)cc1. The van der Waals surface area contributed by atoms with Crippen LogP contribution in [0.25, 0.3) is 10.9 Å². The third-order valence-electron chi connectivity index (χ3n) is 6.16. The molecule has 0 fully saturated rings. The second-order valence-corrected chi connectivity index (χ2v) is 8.91. The van der Waals surface area contributed by atoms with Crippen molar-refractivity contribution in [2.75, 3.05) is 13.7 Å². The fourth-order valence-corrected chi connectivity index (χ4v) is 5.01. The summed E-state index contributed by atoms with van der Waals surface area (Å²) >= 11 is 12.1. The number of ether oxygens (including phenoxy) is 1. The Labute approximate surface area is 202 Å². The van der Waals surface area contributed by atoms with Crippen LogP contribution in [0.1, 0.15) is 34.7 Å². The molecule has 0 saturated carbocycles. The van der Waals surface area contributed by atoms with Gasteiger partial charge in [-0.05, 0) is 60.1 Å². The minimum absolute atomic E-state index is 0.145. The molecule has 3 aromatic carbocycles. The van der Waals surface area contributed by atoms with Gasteiger partial charge in [0.15, 0.2) is 11.3 Å². The second kappa shape index (κ2) is 9.06. The van der Waals surface area contributed by atoms with Crippen LogP contribution in [0.2, 0.25) is 5.02 Å². The summed E-state index contributed by atoms with van der Waals surface area (Å²) in [5, 5.41) is 16.2.